The highest BCUT2D eigenvalue weighted by Crippen LogP contribution is 2.53. The fourth-order valence-corrected chi connectivity index (χ4v) is 2.48. The van der Waals surface area contributed by atoms with Gasteiger partial charge in [0.25, 0.3) is 0 Å². The molecule has 0 radical (unpaired) electrons. The maximum atomic E-state index is 5.98. The molecule has 2 aliphatic rings. The number of benzene rings is 1. The quantitative estimate of drug-likeness (QED) is 0.796. The van der Waals surface area contributed by atoms with Crippen molar-refractivity contribution in [2.75, 3.05) is 19.8 Å². The zero-order valence-electron chi connectivity index (χ0n) is 9.77. The molecule has 1 aliphatic carbocycles. The van der Waals surface area contributed by atoms with Gasteiger partial charge in [-0.15, -0.1) is 23.2 Å². The number of ether oxygens (including phenoxy) is 3. The summed E-state index contributed by atoms with van der Waals surface area (Å²) in [6, 6.07) is 7.73. The Labute approximate surface area is 116 Å². The van der Waals surface area contributed by atoms with Gasteiger partial charge in [0.1, 0.15) is 10.1 Å². The van der Waals surface area contributed by atoms with E-state index < -0.39 is 4.33 Å². The maximum absolute atomic E-state index is 5.98. The van der Waals surface area contributed by atoms with Crippen molar-refractivity contribution < 1.29 is 14.2 Å². The topological polar surface area (TPSA) is 27.7 Å². The Morgan fingerprint density at radius 1 is 1.22 bits per heavy atom. The molecule has 1 aromatic rings. The molecule has 98 valence electrons. The van der Waals surface area contributed by atoms with E-state index in [0.29, 0.717) is 19.8 Å². The summed E-state index contributed by atoms with van der Waals surface area (Å²) in [7, 11) is 0. The van der Waals surface area contributed by atoms with Gasteiger partial charge in [-0.1, -0.05) is 18.2 Å². The van der Waals surface area contributed by atoms with Crippen molar-refractivity contribution in [1.29, 1.82) is 0 Å². The first-order valence-corrected chi connectivity index (χ1v) is 6.75. The smallest absolute Gasteiger partial charge is 0.187 e. The van der Waals surface area contributed by atoms with Crippen molar-refractivity contribution in [3.8, 4) is 5.75 Å². The van der Waals surface area contributed by atoms with Gasteiger partial charge in [-0.25, -0.2) is 0 Å². The third-order valence-electron chi connectivity index (χ3n) is 3.19. The van der Waals surface area contributed by atoms with E-state index in [1.807, 2.05) is 24.3 Å². The van der Waals surface area contributed by atoms with Gasteiger partial charge in [0, 0.05) is 11.5 Å². The van der Waals surface area contributed by atoms with Crippen LogP contribution in [0.2, 0.25) is 0 Å². The summed E-state index contributed by atoms with van der Waals surface area (Å²) in [5, 5.41) is 0. The molecular formula is C13H14Cl2O3. The highest BCUT2D eigenvalue weighted by Gasteiger charge is 2.52. The number of hydrogen-bond donors (Lipinski definition) is 0. The van der Waals surface area contributed by atoms with Crippen molar-refractivity contribution in [1.82, 2.24) is 0 Å². The lowest BCUT2D eigenvalue weighted by Crippen LogP contribution is -2.08. The van der Waals surface area contributed by atoms with Crippen LogP contribution in [0.4, 0.5) is 0 Å². The van der Waals surface area contributed by atoms with E-state index in [0.717, 1.165) is 17.7 Å². The molecule has 0 aromatic heterocycles. The zero-order chi connectivity index (χ0) is 12.6. The lowest BCUT2D eigenvalue weighted by atomic mass is 10.2. The van der Waals surface area contributed by atoms with E-state index in [4.69, 9.17) is 37.4 Å². The van der Waals surface area contributed by atoms with Gasteiger partial charge in [-0.2, -0.15) is 0 Å². The Morgan fingerprint density at radius 3 is 2.56 bits per heavy atom. The second-order valence-electron chi connectivity index (χ2n) is 4.58. The summed E-state index contributed by atoms with van der Waals surface area (Å²) in [4.78, 5) is 0. The molecule has 1 heterocycles. The van der Waals surface area contributed by atoms with Crippen LogP contribution in [0, 0.1) is 5.92 Å². The van der Waals surface area contributed by atoms with Crippen LogP contribution < -0.4 is 4.74 Å². The fraction of sp³-hybridized carbons (Fsp3) is 0.538. The number of para-hydroxylation sites is 1. The second kappa shape index (κ2) is 4.89. The first-order chi connectivity index (χ1) is 8.67. The summed E-state index contributed by atoms with van der Waals surface area (Å²) >= 11 is 12.0. The second-order valence-corrected chi connectivity index (χ2v) is 6.13. The molecule has 0 bridgehead atoms. The fourth-order valence-electron chi connectivity index (χ4n) is 1.99. The van der Waals surface area contributed by atoms with E-state index in [9.17, 15) is 0 Å². The zero-order valence-corrected chi connectivity index (χ0v) is 11.3. The molecule has 1 saturated carbocycles. The van der Waals surface area contributed by atoms with Crippen molar-refractivity contribution >= 4 is 23.2 Å². The van der Waals surface area contributed by atoms with Crippen LogP contribution in [0.25, 0.3) is 0 Å². The monoisotopic (exact) mass is 288 g/mol. The van der Waals surface area contributed by atoms with Crippen LogP contribution in [0.1, 0.15) is 18.3 Å². The lowest BCUT2D eigenvalue weighted by Gasteiger charge is -2.15. The average Bonchev–Trinajstić information content (AvgIpc) is 2.81. The van der Waals surface area contributed by atoms with E-state index >= 15 is 0 Å². The summed E-state index contributed by atoms with van der Waals surface area (Å²) in [6.45, 7) is 1.76. The molecule has 0 N–H and O–H groups in total. The molecule has 1 atom stereocenters. The van der Waals surface area contributed by atoms with Gasteiger partial charge in [0.15, 0.2) is 6.29 Å². The summed E-state index contributed by atoms with van der Waals surface area (Å²) < 4.78 is 16.2. The van der Waals surface area contributed by atoms with E-state index in [2.05, 4.69) is 0 Å². The number of hydrogen-bond acceptors (Lipinski definition) is 3. The number of halogens is 2. The Balaban J connectivity index is 1.67. The van der Waals surface area contributed by atoms with Gasteiger partial charge >= 0.3 is 0 Å². The van der Waals surface area contributed by atoms with Gasteiger partial charge < -0.3 is 14.2 Å². The number of alkyl halides is 2. The molecule has 1 unspecified atom stereocenters. The molecule has 18 heavy (non-hydrogen) atoms. The van der Waals surface area contributed by atoms with Gasteiger partial charge in [-0.3, -0.25) is 0 Å². The lowest BCUT2D eigenvalue weighted by molar-refractivity contribution is -0.0458. The van der Waals surface area contributed by atoms with Crippen LogP contribution in [0.15, 0.2) is 24.3 Å². The third kappa shape index (κ3) is 2.59. The van der Waals surface area contributed by atoms with E-state index in [1.165, 1.54) is 0 Å². The summed E-state index contributed by atoms with van der Waals surface area (Å²) in [5.74, 6) is 0.986. The minimum absolute atomic E-state index is 0.208. The van der Waals surface area contributed by atoms with Crippen molar-refractivity contribution in [3.05, 3.63) is 29.8 Å². The average molecular weight is 289 g/mol. The molecule has 5 heteroatoms. The van der Waals surface area contributed by atoms with E-state index in [-0.39, 0.29) is 12.2 Å². The SMILES string of the molecule is ClC1(Cl)CC1COc1ccccc1C1OCCO1. The highest BCUT2D eigenvalue weighted by atomic mass is 35.5. The first kappa shape index (κ1) is 12.5. The van der Waals surface area contributed by atoms with Gasteiger partial charge in [-0.05, 0) is 12.5 Å². The molecule has 1 aliphatic heterocycles. The molecule has 0 spiro atoms. The maximum Gasteiger partial charge on any atom is 0.187 e. The van der Waals surface area contributed by atoms with Crippen molar-refractivity contribution in [3.63, 3.8) is 0 Å². The minimum atomic E-state index is -0.602. The normalized spacial score (nSPS) is 26.2. The Bertz CT molecular complexity index is 430. The first-order valence-electron chi connectivity index (χ1n) is 5.99. The minimum Gasteiger partial charge on any atom is -0.493 e. The molecule has 1 aromatic carbocycles. The van der Waals surface area contributed by atoms with Crippen LogP contribution in [-0.2, 0) is 9.47 Å². The molecule has 2 fully saturated rings. The van der Waals surface area contributed by atoms with Crippen LogP contribution in [0.5, 0.6) is 5.75 Å². The van der Waals surface area contributed by atoms with Gasteiger partial charge in [0.05, 0.1) is 19.8 Å². The summed E-state index contributed by atoms with van der Waals surface area (Å²) in [6.07, 6.45) is 0.464. The van der Waals surface area contributed by atoms with Crippen molar-refractivity contribution in [2.45, 2.75) is 17.0 Å². The largest absolute Gasteiger partial charge is 0.493 e. The standard InChI is InChI=1S/C13H14Cl2O3/c14-13(15)7-9(13)8-18-11-4-2-1-3-10(11)12-16-5-6-17-12/h1-4,9,12H,5-8H2. The number of rotatable bonds is 4. The molecule has 3 rings (SSSR count). The van der Waals surface area contributed by atoms with Crippen LogP contribution >= 0.6 is 23.2 Å². The Morgan fingerprint density at radius 2 is 1.89 bits per heavy atom. The molecule has 0 amide bonds. The van der Waals surface area contributed by atoms with Gasteiger partial charge in [0.2, 0.25) is 0 Å². The third-order valence-corrected chi connectivity index (χ3v) is 4.12. The van der Waals surface area contributed by atoms with Crippen molar-refractivity contribution in [2.24, 2.45) is 5.92 Å². The summed E-state index contributed by atoms with van der Waals surface area (Å²) in [5.41, 5.74) is 0.922. The predicted molar refractivity (Wildman–Crippen MR) is 69.1 cm³/mol. The molecular weight excluding hydrogens is 275 g/mol. The van der Waals surface area contributed by atoms with Crippen LogP contribution in [-0.4, -0.2) is 24.2 Å². The molecule has 3 nitrogen and oxygen atoms in total. The van der Waals surface area contributed by atoms with Crippen LogP contribution in [0.3, 0.4) is 0 Å². The molecule has 1 saturated heterocycles. The predicted octanol–water partition coefficient (Wildman–Crippen LogP) is 3.30. The highest BCUT2D eigenvalue weighted by molar-refractivity contribution is 6.50. The Hall–Kier alpha value is -0.480. The Kier molecular flexibility index (Phi) is 3.41. The van der Waals surface area contributed by atoms with E-state index in [1.54, 1.807) is 0 Å².